The molecule has 1 unspecified atom stereocenters. The molecule has 1 aromatic heterocycles. The molecule has 0 aliphatic heterocycles. The second-order valence-corrected chi connectivity index (χ2v) is 9.41. The molecule has 0 N–H and O–H groups in total. The molecule has 0 bridgehead atoms. The lowest BCUT2D eigenvalue weighted by atomic mass is 10.2. The smallest absolute Gasteiger partial charge is 0.266 e. The van der Waals surface area contributed by atoms with Crippen molar-refractivity contribution < 1.29 is 9.00 Å². The Kier molecular flexibility index (Phi) is 6.08. The van der Waals surface area contributed by atoms with Crippen molar-refractivity contribution >= 4 is 31.6 Å². The number of hydrogen-bond donors (Lipinski definition) is 0. The third-order valence-electron chi connectivity index (χ3n) is 3.90. The van der Waals surface area contributed by atoms with E-state index < -0.39 is 15.6 Å². The van der Waals surface area contributed by atoms with Gasteiger partial charge in [-0.15, -0.1) is 0 Å². The van der Waals surface area contributed by atoms with Crippen LogP contribution >= 0.6 is 15.9 Å². The van der Waals surface area contributed by atoms with Crippen molar-refractivity contribution in [2.45, 2.75) is 11.8 Å². The second kappa shape index (κ2) is 8.51. The van der Waals surface area contributed by atoms with Gasteiger partial charge in [0.15, 0.2) is 0 Å². The number of hydrogen-bond acceptors (Lipinski definition) is 3. The summed E-state index contributed by atoms with van der Waals surface area (Å²) < 4.78 is 17.8. The predicted molar refractivity (Wildman–Crippen MR) is 115 cm³/mol. The lowest BCUT2D eigenvalue weighted by Crippen LogP contribution is -2.04. The van der Waals surface area contributed by atoms with Crippen molar-refractivity contribution in [2.24, 2.45) is 4.36 Å². The fourth-order valence-electron chi connectivity index (χ4n) is 2.36. The van der Waals surface area contributed by atoms with Crippen LogP contribution in [-0.4, -0.2) is 21.4 Å². The quantitative estimate of drug-likeness (QED) is 0.522. The molecule has 2 aromatic carbocycles. The van der Waals surface area contributed by atoms with Gasteiger partial charge in [-0.3, -0.25) is 9.78 Å². The summed E-state index contributed by atoms with van der Waals surface area (Å²) in [6, 6.07) is 16.4. The summed E-state index contributed by atoms with van der Waals surface area (Å²) in [5.74, 6) is 5.43. The molecule has 28 heavy (non-hydrogen) atoms. The van der Waals surface area contributed by atoms with Gasteiger partial charge in [0.1, 0.15) is 0 Å². The van der Waals surface area contributed by atoms with Crippen molar-refractivity contribution in [3.05, 3.63) is 93.7 Å². The highest BCUT2D eigenvalue weighted by molar-refractivity contribution is 9.10. The summed E-state index contributed by atoms with van der Waals surface area (Å²) in [4.78, 5) is 17.1. The van der Waals surface area contributed by atoms with Gasteiger partial charge in [-0.05, 0) is 49.4 Å². The van der Waals surface area contributed by atoms with Crippen LogP contribution in [0.1, 0.15) is 27.0 Å². The van der Waals surface area contributed by atoms with E-state index in [0.717, 1.165) is 15.6 Å². The first-order valence-corrected chi connectivity index (χ1v) is 11.1. The summed E-state index contributed by atoms with van der Waals surface area (Å²) in [7, 11) is -2.84. The highest BCUT2D eigenvalue weighted by Gasteiger charge is 2.12. The predicted octanol–water partition coefficient (Wildman–Crippen LogP) is 4.85. The summed E-state index contributed by atoms with van der Waals surface area (Å²) in [5, 5.41) is 0. The van der Waals surface area contributed by atoms with Crippen LogP contribution in [0.4, 0.5) is 0 Å². The zero-order valence-corrected chi connectivity index (χ0v) is 17.8. The lowest BCUT2D eigenvalue weighted by Gasteiger charge is -2.04. The number of halogens is 1. The minimum Gasteiger partial charge on any atom is -0.266 e. The van der Waals surface area contributed by atoms with E-state index in [-0.39, 0.29) is 5.56 Å². The molecule has 0 saturated heterocycles. The Balaban J connectivity index is 1.87. The Bertz CT molecular complexity index is 1200. The first kappa shape index (κ1) is 20.0. The fourth-order valence-corrected chi connectivity index (χ4v) is 3.79. The molecule has 3 aromatic rings. The maximum Gasteiger partial charge on any atom is 0.286 e. The number of carbonyl (C=O) groups excluding carboxylic acids is 1. The average molecular weight is 453 g/mol. The highest BCUT2D eigenvalue weighted by Crippen LogP contribution is 2.15. The Morgan fingerprint density at radius 1 is 1.00 bits per heavy atom. The molecule has 0 fully saturated rings. The molecular weight excluding hydrogens is 436 g/mol. The van der Waals surface area contributed by atoms with Crippen LogP contribution in [0.15, 0.2) is 80.7 Å². The first-order chi connectivity index (χ1) is 13.3. The van der Waals surface area contributed by atoms with Crippen LogP contribution in [0.2, 0.25) is 0 Å². The molecule has 1 heterocycles. The molecule has 1 atom stereocenters. The Hall–Kier alpha value is -2.75. The third-order valence-corrected chi connectivity index (χ3v) is 6.09. The molecular formula is C22H17BrN2O2S. The van der Waals surface area contributed by atoms with E-state index in [0.29, 0.717) is 10.5 Å². The number of nitrogens with zero attached hydrogens (tertiary/aromatic N) is 2. The Labute approximate surface area is 173 Å². The van der Waals surface area contributed by atoms with E-state index >= 15 is 0 Å². The standard InChI is InChI=1S/C22H17BrN2O2S/c1-16-3-11-21(12-4-16)28(2,27)25-22(26)19-13-18(14-24-15-19)6-5-17-7-9-20(23)10-8-17/h3-4,7-15H,1-2H3. The molecule has 0 radical (unpaired) electrons. The van der Waals surface area contributed by atoms with E-state index in [4.69, 9.17) is 0 Å². The molecule has 0 aliphatic rings. The van der Waals surface area contributed by atoms with Crippen LogP contribution in [0.3, 0.4) is 0 Å². The molecule has 1 amide bonds. The van der Waals surface area contributed by atoms with Gasteiger partial charge in [-0.25, -0.2) is 4.21 Å². The maximum atomic E-state index is 12.9. The van der Waals surface area contributed by atoms with Crippen molar-refractivity contribution in [1.29, 1.82) is 0 Å². The number of pyridine rings is 1. The highest BCUT2D eigenvalue weighted by atomic mass is 79.9. The molecule has 4 nitrogen and oxygen atoms in total. The van der Waals surface area contributed by atoms with Gasteiger partial charge in [-0.2, -0.15) is 4.36 Å². The fraction of sp³-hybridized carbons (Fsp3) is 0.0909. The van der Waals surface area contributed by atoms with E-state index in [1.54, 1.807) is 24.4 Å². The Morgan fingerprint density at radius 2 is 1.64 bits per heavy atom. The SMILES string of the molecule is Cc1ccc(S(C)(=O)=NC(=O)c2cncc(C#Cc3ccc(Br)cc3)c2)cc1. The average Bonchev–Trinajstić information content (AvgIpc) is 2.68. The van der Waals surface area contributed by atoms with Crippen LogP contribution in [0, 0.1) is 18.8 Å². The second-order valence-electron chi connectivity index (χ2n) is 6.23. The molecule has 140 valence electrons. The summed E-state index contributed by atoms with van der Waals surface area (Å²) in [6.45, 7) is 1.94. The van der Waals surface area contributed by atoms with E-state index in [9.17, 15) is 9.00 Å². The maximum absolute atomic E-state index is 12.9. The van der Waals surface area contributed by atoms with Gasteiger partial charge in [0, 0.05) is 39.1 Å². The molecule has 0 spiro atoms. The van der Waals surface area contributed by atoms with E-state index in [2.05, 4.69) is 37.1 Å². The zero-order valence-electron chi connectivity index (χ0n) is 15.3. The zero-order chi connectivity index (χ0) is 20.1. The van der Waals surface area contributed by atoms with Gasteiger partial charge >= 0.3 is 0 Å². The van der Waals surface area contributed by atoms with Gasteiger partial charge in [0.2, 0.25) is 0 Å². The van der Waals surface area contributed by atoms with Crippen molar-refractivity contribution in [1.82, 2.24) is 4.98 Å². The first-order valence-electron chi connectivity index (χ1n) is 8.39. The molecule has 3 rings (SSSR count). The number of aromatic nitrogens is 1. The van der Waals surface area contributed by atoms with Crippen LogP contribution in [0.5, 0.6) is 0 Å². The van der Waals surface area contributed by atoms with Crippen molar-refractivity contribution in [3.63, 3.8) is 0 Å². The number of amides is 1. The molecule has 0 saturated carbocycles. The number of carbonyl (C=O) groups is 1. The van der Waals surface area contributed by atoms with Gasteiger partial charge in [0.25, 0.3) is 5.91 Å². The minimum atomic E-state index is -2.84. The van der Waals surface area contributed by atoms with Crippen LogP contribution in [0.25, 0.3) is 0 Å². The normalized spacial score (nSPS) is 12.4. The lowest BCUT2D eigenvalue weighted by molar-refractivity contribution is 0.100. The van der Waals surface area contributed by atoms with Crippen LogP contribution < -0.4 is 0 Å². The van der Waals surface area contributed by atoms with Gasteiger partial charge in [-0.1, -0.05) is 45.5 Å². The number of rotatable bonds is 2. The minimum absolute atomic E-state index is 0.254. The Morgan fingerprint density at radius 3 is 2.32 bits per heavy atom. The summed E-state index contributed by atoms with van der Waals surface area (Å²) in [6.07, 6.45) is 4.44. The van der Waals surface area contributed by atoms with Gasteiger partial charge in [0.05, 0.1) is 15.3 Å². The topological polar surface area (TPSA) is 59.4 Å². The van der Waals surface area contributed by atoms with Crippen LogP contribution in [-0.2, 0) is 9.73 Å². The van der Waals surface area contributed by atoms with Gasteiger partial charge < -0.3 is 0 Å². The largest absolute Gasteiger partial charge is 0.286 e. The summed E-state index contributed by atoms with van der Waals surface area (Å²) in [5.41, 5.74) is 2.73. The van der Waals surface area contributed by atoms with E-state index in [1.807, 2.05) is 43.3 Å². The summed E-state index contributed by atoms with van der Waals surface area (Å²) >= 11 is 3.38. The number of aryl methyl sites for hydroxylation is 1. The van der Waals surface area contributed by atoms with Crippen molar-refractivity contribution in [2.75, 3.05) is 6.26 Å². The number of benzene rings is 2. The molecule has 6 heteroatoms. The van der Waals surface area contributed by atoms with Crippen molar-refractivity contribution in [3.8, 4) is 11.8 Å². The monoisotopic (exact) mass is 452 g/mol. The van der Waals surface area contributed by atoms with E-state index in [1.165, 1.54) is 12.5 Å². The third kappa shape index (κ3) is 5.16. The molecule has 0 aliphatic carbocycles.